The number of aryl methyl sites for hydroxylation is 1. The topological polar surface area (TPSA) is 66.6 Å². The molecule has 2 aromatic heterocycles. The van der Waals surface area contributed by atoms with Gasteiger partial charge in [0, 0.05) is 12.7 Å². The number of rotatable bonds is 4. The van der Waals surface area contributed by atoms with Crippen molar-refractivity contribution in [1.29, 1.82) is 0 Å². The fourth-order valence-electron chi connectivity index (χ4n) is 1.86. The zero-order chi connectivity index (χ0) is 13.1. The third kappa shape index (κ3) is 2.36. The van der Waals surface area contributed by atoms with Gasteiger partial charge in [-0.3, -0.25) is 9.20 Å². The molecule has 0 bridgehead atoms. The normalized spacial score (nSPS) is 12.6. The highest BCUT2D eigenvalue weighted by Gasteiger charge is 2.17. The maximum Gasteiger partial charge on any atom is 0.270 e. The average molecular weight is 247 g/mol. The first-order chi connectivity index (χ1) is 8.63. The van der Waals surface area contributed by atoms with Crippen molar-refractivity contribution in [2.24, 2.45) is 0 Å². The van der Waals surface area contributed by atoms with Crippen molar-refractivity contribution in [3.05, 3.63) is 35.8 Å². The molecular formula is C13H17N3O2. The predicted molar refractivity (Wildman–Crippen MR) is 68.6 cm³/mol. The smallest absolute Gasteiger partial charge is 0.270 e. The van der Waals surface area contributed by atoms with Gasteiger partial charge < -0.3 is 10.4 Å². The molecule has 0 saturated heterocycles. The van der Waals surface area contributed by atoms with Crippen LogP contribution in [0.15, 0.2) is 24.4 Å². The lowest BCUT2D eigenvalue weighted by atomic mass is 10.2. The van der Waals surface area contributed by atoms with Crippen molar-refractivity contribution in [2.75, 3.05) is 6.54 Å². The first kappa shape index (κ1) is 12.6. The molecule has 2 heterocycles. The van der Waals surface area contributed by atoms with E-state index in [0.717, 1.165) is 11.3 Å². The molecule has 0 aliphatic rings. The van der Waals surface area contributed by atoms with E-state index in [2.05, 4.69) is 10.3 Å². The molecule has 0 aliphatic carbocycles. The van der Waals surface area contributed by atoms with E-state index in [1.807, 2.05) is 31.3 Å². The Hall–Kier alpha value is -1.88. The molecule has 96 valence electrons. The van der Waals surface area contributed by atoms with Crippen LogP contribution in [0.2, 0.25) is 0 Å². The van der Waals surface area contributed by atoms with Crippen LogP contribution in [0.5, 0.6) is 0 Å². The van der Waals surface area contributed by atoms with Gasteiger partial charge in [-0.25, -0.2) is 4.98 Å². The number of hydrogen-bond donors (Lipinski definition) is 2. The molecule has 0 aromatic carbocycles. The third-order valence-corrected chi connectivity index (χ3v) is 2.71. The minimum absolute atomic E-state index is 0.202. The van der Waals surface area contributed by atoms with Crippen LogP contribution < -0.4 is 5.32 Å². The Balaban J connectivity index is 2.38. The van der Waals surface area contributed by atoms with Crippen LogP contribution >= 0.6 is 0 Å². The second kappa shape index (κ2) is 5.18. The van der Waals surface area contributed by atoms with Gasteiger partial charge in [0.25, 0.3) is 5.91 Å². The van der Waals surface area contributed by atoms with Crippen LogP contribution in [0, 0.1) is 0 Å². The van der Waals surface area contributed by atoms with E-state index in [-0.39, 0.29) is 12.5 Å². The number of nitrogens with one attached hydrogen (secondary N) is 1. The molecule has 2 N–H and O–H groups in total. The zero-order valence-corrected chi connectivity index (χ0v) is 10.6. The number of nitrogens with zero attached hydrogens (tertiary/aromatic N) is 2. The molecule has 0 radical (unpaired) electrons. The molecular weight excluding hydrogens is 230 g/mol. The van der Waals surface area contributed by atoms with Gasteiger partial charge in [0.15, 0.2) is 0 Å². The fraction of sp³-hybridized carbons (Fsp3) is 0.385. The van der Waals surface area contributed by atoms with Crippen molar-refractivity contribution in [3.63, 3.8) is 0 Å². The molecule has 1 unspecified atom stereocenters. The van der Waals surface area contributed by atoms with E-state index in [9.17, 15) is 9.90 Å². The van der Waals surface area contributed by atoms with Crippen LogP contribution in [0.3, 0.4) is 0 Å². The summed E-state index contributed by atoms with van der Waals surface area (Å²) in [5.41, 5.74) is 2.08. The summed E-state index contributed by atoms with van der Waals surface area (Å²) in [6.45, 7) is 3.84. The van der Waals surface area contributed by atoms with E-state index in [1.54, 1.807) is 11.3 Å². The van der Waals surface area contributed by atoms with Gasteiger partial charge in [0.05, 0.1) is 11.8 Å². The summed E-state index contributed by atoms with van der Waals surface area (Å²) < 4.78 is 1.77. The number of amides is 1. The first-order valence-corrected chi connectivity index (χ1v) is 6.05. The van der Waals surface area contributed by atoms with Crippen molar-refractivity contribution >= 4 is 11.6 Å². The third-order valence-electron chi connectivity index (χ3n) is 2.71. The van der Waals surface area contributed by atoms with Gasteiger partial charge in [-0.05, 0) is 25.5 Å². The lowest BCUT2D eigenvalue weighted by Gasteiger charge is -2.08. The van der Waals surface area contributed by atoms with E-state index in [0.29, 0.717) is 12.1 Å². The quantitative estimate of drug-likeness (QED) is 0.847. The number of aliphatic hydroxyl groups excluding tert-OH is 1. The highest BCUT2D eigenvalue weighted by atomic mass is 16.3. The largest absolute Gasteiger partial charge is 0.392 e. The van der Waals surface area contributed by atoms with Crippen LogP contribution in [-0.2, 0) is 6.42 Å². The monoisotopic (exact) mass is 247 g/mol. The van der Waals surface area contributed by atoms with Crippen molar-refractivity contribution in [3.8, 4) is 0 Å². The Morgan fingerprint density at radius 3 is 3.00 bits per heavy atom. The molecule has 1 amide bonds. The number of fused-ring (bicyclic) bond motifs is 1. The molecule has 5 nitrogen and oxygen atoms in total. The predicted octanol–water partition coefficient (Wildman–Crippen LogP) is 1.01. The van der Waals surface area contributed by atoms with E-state index < -0.39 is 6.10 Å². The summed E-state index contributed by atoms with van der Waals surface area (Å²) in [5, 5.41) is 11.9. The highest BCUT2D eigenvalue weighted by Crippen LogP contribution is 2.13. The Labute approximate surface area is 105 Å². The number of aliphatic hydroxyl groups is 1. The summed E-state index contributed by atoms with van der Waals surface area (Å²) >= 11 is 0. The molecule has 0 spiro atoms. The lowest BCUT2D eigenvalue weighted by Crippen LogP contribution is -2.31. The molecule has 0 fully saturated rings. The molecule has 2 aromatic rings. The zero-order valence-electron chi connectivity index (χ0n) is 10.6. The minimum Gasteiger partial charge on any atom is -0.392 e. The van der Waals surface area contributed by atoms with Crippen LogP contribution in [-0.4, -0.2) is 33.0 Å². The molecule has 0 aliphatic heterocycles. The summed E-state index contributed by atoms with van der Waals surface area (Å²) in [4.78, 5) is 16.5. The van der Waals surface area contributed by atoms with Gasteiger partial charge in [0.2, 0.25) is 0 Å². The van der Waals surface area contributed by atoms with Gasteiger partial charge in [-0.2, -0.15) is 0 Å². The molecule has 2 rings (SSSR count). The van der Waals surface area contributed by atoms with Gasteiger partial charge in [-0.1, -0.05) is 13.0 Å². The SMILES string of the molecule is CCc1nc2ccccn2c1C(=O)NCC(C)O. The Kier molecular flexibility index (Phi) is 3.62. The minimum atomic E-state index is -0.557. The van der Waals surface area contributed by atoms with Crippen molar-refractivity contribution in [2.45, 2.75) is 26.4 Å². The molecule has 5 heteroatoms. The number of pyridine rings is 1. The van der Waals surface area contributed by atoms with Crippen LogP contribution in [0.4, 0.5) is 0 Å². The maximum atomic E-state index is 12.1. The second-order valence-electron chi connectivity index (χ2n) is 4.25. The summed E-state index contributed by atoms with van der Waals surface area (Å²) in [7, 11) is 0. The highest BCUT2D eigenvalue weighted by molar-refractivity contribution is 5.94. The van der Waals surface area contributed by atoms with Gasteiger partial charge in [0.1, 0.15) is 11.3 Å². The Morgan fingerprint density at radius 2 is 2.33 bits per heavy atom. The van der Waals surface area contributed by atoms with E-state index in [4.69, 9.17) is 0 Å². The Bertz CT molecular complexity index is 560. The summed E-state index contributed by atoms with van der Waals surface area (Å²) in [5.74, 6) is -0.202. The molecule has 1 atom stereocenters. The van der Waals surface area contributed by atoms with Gasteiger partial charge >= 0.3 is 0 Å². The summed E-state index contributed by atoms with van der Waals surface area (Å²) in [6.07, 6.45) is 1.95. The van der Waals surface area contributed by atoms with E-state index in [1.165, 1.54) is 0 Å². The Morgan fingerprint density at radius 1 is 1.56 bits per heavy atom. The standard InChI is InChI=1S/C13H17N3O2/c1-3-10-12(13(18)14-8-9(2)17)16-7-5-4-6-11(16)15-10/h4-7,9,17H,3,8H2,1-2H3,(H,14,18). The number of aromatic nitrogens is 2. The average Bonchev–Trinajstić information content (AvgIpc) is 2.74. The number of hydrogen-bond acceptors (Lipinski definition) is 3. The van der Waals surface area contributed by atoms with Crippen molar-refractivity contribution < 1.29 is 9.90 Å². The fourth-order valence-corrected chi connectivity index (χ4v) is 1.86. The van der Waals surface area contributed by atoms with E-state index >= 15 is 0 Å². The first-order valence-electron chi connectivity index (χ1n) is 6.05. The van der Waals surface area contributed by atoms with Crippen LogP contribution in [0.25, 0.3) is 5.65 Å². The van der Waals surface area contributed by atoms with Gasteiger partial charge in [-0.15, -0.1) is 0 Å². The maximum absolute atomic E-state index is 12.1. The van der Waals surface area contributed by atoms with Crippen LogP contribution in [0.1, 0.15) is 30.0 Å². The second-order valence-corrected chi connectivity index (χ2v) is 4.25. The lowest BCUT2D eigenvalue weighted by molar-refractivity contribution is 0.0917. The summed E-state index contributed by atoms with van der Waals surface area (Å²) in [6, 6.07) is 5.61. The number of imidazole rings is 1. The van der Waals surface area contributed by atoms with Crippen molar-refractivity contribution in [1.82, 2.24) is 14.7 Å². The number of carbonyl (C=O) groups excluding carboxylic acids is 1. The molecule has 0 saturated carbocycles. The number of carbonyl (C=O) groups is 1. The molecule has 18 heavy (non-hydrogen) atoms.